The highest BCUT2D eigenvalue weighted by Crippen LogP contribution is 2.36. The fourth-order valence-electron chi connectivity index (χ4n) is 3.90. The highest BCUT2D eigenvalue weighted by Gasteiger charge is 2.42. The quantitative estimate of drug-likeness (QED) is 0.852. The number of hydrogen-bond donors (Lipinski definition) is 0. The van der Waals surface area contributed by atoms with E-state index in [1.54, 1.807) is 28.3 Å². The number of piperidine rings is 1. The summed E-state index contributed by atoms with van der Waals surface area (Å²) in [6.07, 6.45) is 3.82. The van der Waals surface area contributed by atoms with Gasteiger partial charge in [0.05, 0.1) is 17.7 Å². The number of aromatic nitrogens is 3. The van der Waals surface area contributed by atoms with Crippen molar-refractivity contribution in [2.75, 3.05) is 19.7 Å². The Hall–Kier alpha value is -1.73. The molecular weight excluding hydrogens is 324 g/mol. The van der Waals surface area contributed by atoms with Gasteiger partial charge in [-0.3, -0.25) is 9.48 Å². The number of aryl methyl sites for hydroxylation is 2. The van der Waals surface area contributed by atoms with E-state index in [1.807, 2.05) is 18.9 Å². The van der Waals surface area contributed by atoms with Crippen LogP contribution in [-0.4, -0.2) is 51.4 Å². The first kappa shape index (κ1) is 15.8. The number of hydrogen-bond acceptors (Lipinski definition) is 5. The summed E-state index contributed by atoms with van der Waals surface area (Å²) in [4.78, 5) is 19.2. The molecule has 4 rings (SSSR count). The summed E-state index contributed by atoms with van der Waals surface area (Å²) in [5.41, 5.74) is 1.74. The summed E-state index contributed by atoms with van der Waals surface area (Å²) < 4.78 is 7.71. The van der Waals surface area contributed by atoms with Crippen LogP contribution in [0.25, 0.3) is 0 Å². The predicted molar refractivity (Wildman–Crippen MR) is 91.0 cm³/mol. The lowest BCUT2D eigenvalue weighted by Gasteiger charge is -2.35. The molecule has 1 amide bonds. The zero-order valence-electron chi connectivity index (χ0n) is 14.0. The number of nitrogens with zero attached hydrogens (tertiary/aromatic N) is 4. The summed E-state index contributed by atoms with van der Waals surface area (Å²) >= 11 is 1.72. The normalized spacial score (nSPS) is 26.6. The van der Waals surface area contributed by atoms with Crippen molar-refractivity contribution in [3.8, 4) is 0 Å². The summed E-state index contributed by atoms with van der Waals surface area (Å²) in [5, 5.41) is 7.35. The van der Waals surface area contributed by atoms with Crippen molar-refractivity contribution in [2.24, 2.45) is 18.9 Å². The van der Waals surface area contributed by atoms with Crippen LogP contribution in [0, 0.1) is 18.8 Å². The van der Waals surface area contributed by atoms with Crippen LogP contribution in [0.15, 0.2) is 17.6 Å². The Bertz CT molecular complexity index is 741. The minimum atomic E-state index is 0.0763. The molecule has 128 valence electrons. The molecule has 24 heavy (non-hydrogen) atoms. The molecule has 2 aliphatic rings. The van der Waals surface area contributed by atoms with Crippen LogP contribution in [0.3, 0.4) is 0 Å². The van der Waals surface area contributed by atoms with Gasteiger partial charge in [-0.25, -0.2) is 4.98 Å². The maximum absolute atomic E-state index is 12.7. The fourth-order valence-corrected chi connectivity index (χ4v) is 4.71. The van der Waals surface area contributed by atoms with Gasteiger partial charge in [0.2, 0.25) is 0 Å². The second-order valence-corrected chi connectivity index (χ2v) is 7.71. The van der Waals surface area contributed by atoms with E-state index in [9.17, 15) is 4.79 Å². The van der Waals surface area contributed by atoms with Crippen molar-refractivity contribution in [1.82, 2.24) is 19.7 Å². The molecular formula is C17H22N4O2S. The van der Waals surface area contributed by atoms with Crippen LogP contribution in [0.1, 0.15) is 27.6 Å². The first-order valence-corrected chi connectivity index (χ1v) is 9.29. The Balaban J connectivity index is 1.40. The molecule has 3 atom stereocenters. The van der Waals surface area contributed by atoms with Gasteiger partial charge in [-0.1, -0.05) is 0 Å². The van der Waals surface area contributed by atoms with E-state index < -0.39 is 0 Å². The second kappa shape index (κ2) is 6.29. The van der Waals surface area contributed by atoms with Crippen LogP contribution in [-0.2, 0) is 18.2 Å². The van der Waals surface area contributed by atoms with Crippen molar-refractivity contribution in [1.29, 1.82) is 0 Å². The van der Waals surface area contributed by atoms with Crippen LogP contribution >= 0.6 is 11.3 Å². The highest BCUT2D eigenvalue weighted by molar-refractivity contribution is 7.09. The minimum absolute atomic E-state index is 0.0763. The summed E-state index contributed by atoms with van der Waals surface area (Å²) in [7, 11) is 1.81. The lowest BCUT2D eigenvalue weighted by molar-refractivity contribution is 0.0601. The summed E-state index contributed by atoms with van der Waals surface area (Å²) in [6, 6.07) is 1.78. The number of thiazole rings is 1. The zero-order valence-corrected chi connectivity index (χ0v) is 14.8. The SMILES string of the molecule is Cc1csc(C[C@@H]2OC[C@H]3CN(C(=O)c4ccnn4C)CC[C@H]32)n1. The molecule has 2 saturated heterocycles. The van der Waals surface area contributed by atoms with Crippen molar-refractivity contribution in [2.45, 2.75) is 25.9 Å². The molecule has 0 saturated carbocycles. The van der Waals surface area contributed by atoms with Crippen molar-refractivity contribution < 1.29 is 9.53 Å². The highest BCUT2D eigenvalue weighted by atomic mass is 32.1. The largest absolute Gasteiger partial charge is 0.377 e. The third-order valence-corrected chi connectivity index (χ3v) is 6.15. The monoisotopic (exact) mass is 346 g/mol. The third kappa shape index (κ3) is 2.86. The van der Waals surface area contributed by atoms with Gasteiger partial charge in [0, 0.05) is 49.7 Å². The smallest absolute Gasteiger partial charge is 0.272 e. The molecule has 0 aromatic carbocycles. The average molecular weight is 346 g/mol. The summed E-state index contributed by atoms with van der Waals surface area (Å²) in [6.45, 7) is 4.35. The number of rotatable bonds is 3. The molecule has 7 heteroatoms. The maximum atomic E-state index is 12.7. The van der Waals surface area contributed by atoms with Crippen molar-refractivity contribution in [3.05, 3.63) is 34.0 Å². The molecule has 6 nitrogen and oxygen atoms in total. The van der Waals surface area contributed by atoms with Gasteiger partial charge in [-0.2, -0.15) is 5.10 Å². The zero-order chi connectivity index (χ0) is 16.7. The molecule has 0 aliphatic carbocycles. The number of ether oxygens (including phenoxy) is 1. The molecule has 2 fully saturated rings. The van der Waals surface area contributed by atoms with Crippen LogP contribution in [0.5, 0.6) is 0 Å². The first-order valence-electron chi connectivity index (χ1n) is 8.41. The molecule has 0 spiro atoms. The number of likely N-dealkylation sites (tertiary alicyclic amines) is 1. The van der Waals surface area contributed by atoms with E-state index in [1.165, 1.54) is 0 Å². The van der Waals surface area contributed by atoms with Crippen LogP contribution in [0.4, 0.5) is 0 Å². The molecule has 0 bridgehead atoms. The third-order valence-electron chi connectivity index (χ3n) is 5.16. The maximum Gasteiger partial charge on any atom is 0.272 e. The van der Waals surface area contributed by atoms with Gasteiger partial charge in [0.15, 0.2) is 0 Å². The van der Waals surface area contributed by atoms with E-state index in [-0.39, 0.29) is 12.0 Å². The van der Waals surface area contributed by atoms with Gasteiger partial charge in [0.1, 0.15) is 5.69 Å². The Labute approximate surface area is 145 Å². The van der Waals surface area contributed by atoms with E-state index in [0.29, 0.717) is 17.5 Å². The standard InChI is InChI=1S/C17H22N4O2S/c1-11-10-24-16(19-11)7-15-13-4-6-21(8-12(13)9-23-15)17(22)14-3-5-18-20(14)2/h3,5,10,12-13,15H,4,6-9H2,1-2H3/t12-,13-,15+/m1/s1. The number of amides is 1. The van der Waals surface area contributed by atoms with Gasteiger partial charge >= 0.3 is 0 Å². The lowest BCUT2D eigenvalue weighted by atomic mass is 9.83. The topological polar surface area (TPSA) is 60.2 Å². The van der Waals surface area contributed by atoms with Gasteiger partial charge in [-0.15, -0.1) is 11.3 Å². The van der Waals surface area contributed by atoms with Crippen LogP contribution in [0.2, 0.25) is 0 Å². The Morgan fingerprint density at radius 2 is 2.38 bits per heavy atom. The molecule has 4 heterocycles. The number of carbonyl (C=O) groups excluding carboxylic acids is 1. The van der Waals surface area contributed by atoms with Crippen molar-refractivity contribution in [3.63, 3.8) is 0 Å². The van der Waals surface area contributed by atoms with Crippen molar-refractivity contribution >= 4 is 17.2 Å². The van der Waals surface area contributed by atoms with E-state index in [0.717, 1.165) is 43.2 Å². The summed E-state index contributed by atoms with van der Waals surface area (Å²) in [5.74, 6) is 1.04. The Morgan fingerprint density at radius 3 is 3.08 bits per heavy atom. The number of carbonyl (C=O) groups is 1. The van der Waals surface area contributed by atoms with Gasteiger partial charge in [0.25, 0.3) is 5.91 Å². The van der Waals surface area contributed by atoms with Crippen LogP contribution < -0.4 is 0 Å². The second-order valence-electron chi connectivity index (χ2n) is 6.76. The first-order chi connectivity index (χ1) is 11.6. The Morgan fingerprint density at radius 1 is 1.50 bits per heavy atom. The Kier molecular flexibility index (Phi) is 4.14. The molecule has 2 aromatic rings. The minimum Gasteiger partial charge on any atom is -0.377 e. The van der Waals surface area contributed by atoms with E-state index in [4.69, 9.17) is 4.74 Å². The average Bonchev–Trinajstić information content (AvgIpc) is 3.28. The molecule has 0 radical (unpaired) electrons. The number of fused-ring (bicyclic) bond motifs is 1. The van der Waals surface area contributed by atoms with Gasteiger partial charge < -0.3 is 9.64 Å². The van der Waals surface area contributed by atoms with Gasteiger partial charge in [-0.05, 0) is 25.3 Å². The molecule has 0 N–H and O–H groups in total. The molecule has 2 aromatic heterocycles. The predicted octanol–water partition coefficient (Wildman–Crippen LogP) is 1.90. The lowest BCUT2D eigenvalue weighted by Crippen LogP contribution is -2.45. The fraction of sp³-hybridized carbons (Fsp3) is 0.588. The van der Waals surface area contributed by atoms with E-state index >= 15 is 0 Å². The molecule has 2 aliphatic heterocycles. The molecule has 0 unspecified atom stereocenters. The van der Waals surface area contributed by atoms with E-state index in [2.05, 4.69) is 15.5 Å².